The highest BCUT2D eigenvalue weighted by Gasteiger charge is 2.35. The lowest BCUT2D eigenvalue weighted by Crippen LogP contribution is -2.29. The summed E-state index contributed by atoms with van der Waals surface area (Å²) in [7, 11) is 1.78. The number of nitrogens with two attached hydrogens (primary N) is 1. The summed E-state index contributed by atoms with van der Waals surface area (Å²) < 4.78 is 5.72. The fourth-order valence-electron chi connectivity index (χ4n) is 4.21. The highest BCUT2D eigenvalue weighted by Crippen LogP contribution is 2.43. The summed E-state index contributed by atoms with van der Waals surface area (Å²) in [5.41, 5.74) is 9.16. The lowest BCUT2D eigenvalue weighted by Gasteiger charge is -2.29. The zero-order chi connectivity index (χ0) is 19.4. The largest absolute Gasteiger partial charge is 0.383 e. The molecule has 26 heavy (non-hydrogen) atoms. The predicted molar refractivity (Wildman–Crippen MR) is 106 cm³/mol. The molecule has 0 saturated carbocycles. The Morgan fingerprint density at radius 2 is 2.12 bits per heavy atom. The number of aliphatic imine (C=N–C) groups is 1. The monoisotopic (exact) mass is 354 g/mol. The van der Waals surface area contributed by atoms with Crippen LogP contribution in [0.15, 0.2) is 23.2 Å². The van der Waals surface area contributed by atoms with Gasteiger partial charge >= 0.3 is 0 Å². The summed E-state index contributed by atoms with van der Waals surface area (Å²) in [5.74, 6) is 1.16. The Bertz CT molecular complexity index is 732. The van der Waals surface area contributed by atoms with Gasteiger partial charge in [0.05, 0.1) is 29.5 Å². The molecule has 5 heteroatoms. The first-order valence-electron chi connectivity index (χ1n) is 9.23. The van der Waals surface area contributed by atoms with Gasteiger partial charge in [0.15, 0.2) is 0 Å². The zero-order valence-corrected chi connectivity index (χ0v) is 16.4. The molecule has 0 radical (unpaired) electrons. The van der Waals surface area contributed by atoms with Gasteiger partial charge in [0.2, 0.25) is 0 Å². The zero-order valence-electron chi connectivity index (χ0n) is 16.4. The van der Waals surface area contributed by atoms with Gasteiger partial charge in [-0.15, -0.1) is 0 Å². The van der Waals surface area contributed by atoms with Crippen molar-refractivity contribution in [3.63, 3.8) is 0 Å². The van der Waals surface area contributed by atoms with Gasteiger partial charge in [-0.2, -0.15) is 5.26 Å². The molecular formula is C21H30N4O. The van der Waals surface area contributed by atoms with Crippen LogP contribution in [0.4, 0.5) is 0 Å². The molecule has 2 rings (SSSR count). The van der Waals surface area contributed by atoms with E-state index in [1.807, 2.05) is 18.2 Å². The predicted octanol–water partition coefficient (Wildman–Crippen LogP) is 3.87. The number of hydrogen-bond donors (Lipinski definition) is 2. The van der Waals surface area contributed by atoms with Gasteiger partial charge < -0.3 is 10.5 Å². The third-order valence-corrected chi connectivity index (χ3v) is 5.41. The minimum atomic E-state index is -0.0608. The van der Waals surface area contributed by atoms with Gasteiger partial charge in [0.1, 0.15) is 5.84 Å². The summed E-state index contributed by atoms with van der Waals surface area (Å²) in [6.45, 7) is 8.38. The minimum absolute atomic E-state index is 0.00126. The van der Waals surface area contributed by atoms with Gasteiger partial charge in [-0.3, -0.25) is 10.4 Å². The molecule has 5 nitrogen and oxygen atoms in total. The number of rotatable bonds is 7. The van der Waals surface area contributed by atoms with Gasteiger partial charge in [-0.25, -0.2) is 0 Å². The quantitative estimate of drug-likeness (QED) is 0.575. The molecule has 1 aromatic rings. The fraction of sp³-hybridized carbons (Fsp3) is 0.571. The average molecular weight is 354 g/mol. The molecule has 1 aromatic carbocycles. The molecule has 0 fully saturated rings. The van der Waals surface area contributed by atoms with Gasteiger partial charge in [-0.05, 0) is 60.8 Å². The smallest absolute Gasteiger partial charge is 0.136 e. The lowest BCUT2D eigenvalue weighted by molar-refractivity contribution is 0.0142. The fourth-order valence-corrected chi connectivity index (χ4v) is 4.21. The number of nitriles is 1. The molecule has 0 heterocycles. The van der Waals surface area contributed by atoms with Crippen LogP contribution in [0.2, 0.25) is 0 Å². The summed E-state index contributed by atoms with van der Waals surface area (Å²) in [6.07, 6.45) is 2.11. The molecule has 0 aromatic heterocycles. The van der Waals surface area contributed by atoms with Crippen molar-refractivity contribution in [3.8, 4) is 6.07 Å². The molecule has 1 aliphatic rings. The number of amidine groups is 1. The number of ether oxygens (including phenoxy) is 1. The first-order chi connectivity index (χ1) is 12.3. The standard InChI is InChI=1S/C21H30N4O/c1-12(2)20(26-5)13(3)8-17-10-16-7-6-15(11-22)9-18(16)19(17)25-14(4)21(23)24/h6-7,9,12-13,17,19-20H,8,10H2,1-5H3,(H3,23,24)/t13?,17?,19?,20-/m0/s1. The van der Waals surface area contributed by atoms with Crippen LogP contribution in [0.5, 0.6) is 0 Å². The van der Waals surface area contributed by atoms with E-state index >= 15 is 0 Å². The van der Waals surface area contributed by atoms with E-state index in [-0.39, 0.29) is 18.0 Å². The molecular weight excluding hydrogens is 324 g/mol. The number of nitrogens with one attached hydrogen (secondary N) is 1. The normalized spacial score (nSPS) is 22.0. The van der Waals surface area contributed by atoms with Crippen LogP contribution >= 0.6 is 0 Å². The Labute approximate surface area is 156 Å². The van der Waals surface area contributed by atoms with Crippen LogP contribution in [0, 0.1) is 34.5 Å². The minimum Gasteiger partial charge on any atom is -0.383 e. The van der Waals surface area contributed by atoms with Crippen molar-refractivity contribution in [3.05, 3.63) is 34.9 Å². The van der Waals surface area contributed by atoms with E-state index in [1.165, 1.54) is 5.56 Å². The second kappa shape index (κ2) is 8.46. The highest BCUT2D eigenvalue weighted by molar-refractivity contribution is 6.38. The second-order valence-electron chi connectivity index (χ2n) is 7.72. The first-order valence-corrected chi connectivity index (χ1v) is 9.23. The number of nitrogens with zero attached hydrogens (tertiary/aromatic N) is 2. The lowest BCUT2D eigenvalue weighted by atomic mass is 9.84. The van der Waals surface area contributed by atoms with Gasteiger partial charge in [-0.1, -0.05) is 26.8 Å². The maximum absolute atomic E-state index is 9.25. The molecule has 3 N–H and O–H groups in total. The number of fused-ring (bicyclic) bond motifs is 1. The Morgan fingerprint density at radius 1 is 1.42 bits per heavy atom. The van der Waals surface area contributed by atoms with E-state index in [4.69, 9.17) is 20.9 Å². The Morgan fingerprint density at radius 3 is 2.65 bits per heavy atom. The van der Waals surface area contributed by atoms with Gasteiger partial charge in [0.25, 0.3) is 0 Å². The summed E-state index contributed by atoms with van der Waals surface area (Å²) in [4.78, 5) is 4.77. The molecule has 0 spiro atoms. The molecule has 0 amide bonds. The van der Waals surface area contributed by atoms with Crippen LogP contribution in [0.1, 0.15) is 56.8 Å². The van der Waals surface area contributed by atoms with Crippen LogP contribution in [0.3, 0.4) is 0 Å². The maximum Gasteiger partial charge on any atom is 0.136 e. The van der Waals surface area contributed by atoms with E-state index in [1.54, 1.807) is 14.0 Å². The molecule has 0 bridgehead atoms. The summed E-state index contributed by atoms with van der Waals surface area (Å²) >= 11 is 0. The SMILES string of the molecule is CO[C@@H](C(C)C)C(C)CC1Cc2ccc(C#N)cc2C1N=C(C)C(=N)N. The van der Waals surface area contributed by atoms with Crippen molar-refractivity contribution in [2.45, 2.75) is 52.7 Å². The van der Waals surface area contributed by atoms with E-state index in [2.05, 4.69) is 26.8 Å². The van der Waals surface area contributed by atoms with Crippen LogP contribution < -0.4 is 5.73 Å². The molecule has 1 aliphatic carbocycles. The number of hydrogen-bond acceptors (Lipinski definition) is 4. The van der Waals surface area contributed by atoms with Gasteiger partial charge in [0, 0.05) is 7.11 Å². The number of methoxy groups -OCH3 is 1. The molecule has 4 atom stereocenters. The first kappa shape index (κ1) is 20.1. The maximum atomic E-state index is 9.25. The van der Waals surface area contributed by atoms with E-state index in [0.29, 0.717) is 29.0 Å². The molecule has 140 valence electrons. The van der Waals surface area contributed by atoms with E-state index in [9.17, 15) is 5.26 Å². The van der Waals surface area contributed by atoms with Crippen molar-refractivity contribution in [2.24, 2.45) is 28.5 Å². The van der Waals surface area contributed by atoms with Crippen molar-refractivity contribution in [2.75, 3.05) is 7.11 Å². The highest BCUT2D eigenvalue weighted by atomic mass is 16.5. The summed E-state index contributed by atoms with van der Waals surface area (Å²) in [5, 5.41) is 16.9. The molecule has 0 saturated heterocycles. The van der Waals surface area contributed by atoms with Crippen LogP contribution in [0.25, 0.3) is 0 Å². The Hall–Kier alpha value is -2.19. The third kappa shape index (κ3) is 4.31. The average Bonchev–Trinajstić information content (AvgIpc) is 2.91. The van der Waals surface area contributed by atoms with Crippen LogP contribution in [-0.4, -0.2) is 24.8 Å². The topological polar surface area (TPSA) is 95.2 Å². The molecule has 3 unspecified atom stereocenters. The van der Waals surface area contributed by atoms with Crippen molar-refractivity contribution in [1.82, 2.24) is 0 Å². The number of benzene rings is 1. The van der Waals surface area contributed by atoms with Crippen molar-refractivity contribution in [1.29, 1.82) is 10.7 Å². The van der Waals surface area contributed by atoms with E-state index < -0.39 is 0 Å². The van der Waals surface area contributed by atoms with E-state index in [0.717, 1.165) is 18.4 Å². The Kier molecular flexibility index (Phi) is 6.55. The molecule has 0 aliphatic heterocycles. The van der Waals surface area contributed by atoms with Crippen LogP contribution in [-0.2, 0) is 11.2 Å². The summed E-state index contributed by atoms with van der Waals surface area (Å²) in [6, 6.07) is 8.01. The second-order valence-corrected chi connectivity index (χ2v) is 7.72. The van der Waals surface area contributed by atoms with Crippen molar-refractivity contribution < 1.29 is 4.74 Å². The van der Waals surface area contributed by atoms with Crippen molar-refractivity contribution >= 4 is 11.5 Å². The Balaban J connectivity index is 2.35. The third-order valence-electron chi connectivity index (χ3n) is 5.41.